The minimum absolute atomic E-state index is 0.0495. The van der Waals surface area contributed by atoms with Gasteiger partial charge in [0, 0.05) is 5.56 Å². The number of rotatable bonds is 4. The first-order valence-corrected chi connectivity index (χ1v) is 5.08. The molecule has 90 valence electrons. The highest BCUT2D eigenvalue weighted by Gasteiger charge is 2.17. The van der Waals surface area contributed by atoms with E-state index in [4.69, 9.17) is 16.7 Å². The van der Waals surface area contributed by atoms with Crippen LogP contribution in [0, 0.1) is 0 Å². The van der Waals surface area contributed by atoms with E-state index in [1.54, 1.807) is 0 Å². The summed E-state index contributed by atoms with van der Waals surface area (Å²) in [4.78, 5) is 3.77. The van der Waals surface area contributed by atoms with Gasteiger partial charge in [-0.05, 0) is 12.0 Å². The van der Waals surface area contributed by atoms with E-state index in [0.29, 0.717) is 5.56 Å². The molecule has 1 rings (SSSR count). The largest absolute Gasteiger partial charge is 0.417 e. The molecule has 0 saturated carbocycles. The van der Waals surface area contributed by atoms with E-state index >= 15 is 0 Å². The van der Waals surface area contributed by atoms with Gasteiger partial charge in [-0.1, -0.05) is 25.4 Å². The SMILES string of the molecule is CC(C)c1cc(Cl)c(CO)nc1OC(F)F. The van der Waals surface area contributed by atoms with Gasteiger partial charge in [-0.25, -0.2) is 4.98 Å². The van der Waals surface area contributed by atoms with Crippen molar-refractivity contribution in [1.82, 2.24) is 4.98 Å². The smallest absolute Gasteiger partial charge is 0.388 e. The summed E-state index contributed by atoms with van der Waals surface area (Å²) in [6.07, 6.45) is 0. The maximum absolute atomic E-state index is 12.1. The number of ether oxygens (including phenoxy) is 1. The molecule has 0 aliphatic carbocycles. The first-order chi connectivity index (χ1) is 7.45. The lowest BCUT2D eigenvalue weighted by Crippen LogP contribution is -2.09. The van der Waals surface area contributed by atoms with Crippen molar-refractivity contribution in [3.63, 3.8) is 0 Å². The van der Waals surface area contributed by atoms with Gasteiger partial charge in [0.05, 0.1) is 17.3 Å². The second-order valence-corrected chi connectivity index (χ2v) is 3.91. The Hall–Kier alpha value is -0.940. The van der Waals surface area contributed by atoms with Crippen LogP contribution in [0.4, 0.5) is 8.78 Å². The van der Waals surface area contributed by atoms with Gasteiger partial charge in [0.1, 0.15) is 0 Å². The number of aromatic nitrogens is 1. The molecule has 1 N–H and O–H groups in total. The average molecular weight is 252 g/mol. The monoisotopic (exact) mass is 251 g/mol. The highest BCUT2D eigenvalue weighted by atomic mass is 35.5. The number of aliphatic hydroxyl groups excluding tert-OH is 1. The molecule has 0 spiro atoms. The molecule has 0 aromatic carbocycles. The van der Waals surface area contributed by atoms with Gasteiger partial charge >= 0.3 is 6.61 Å². The Bertz CT molecular complexity index is 372. The molecule has 0 fully saturated rings. The minimum Gasteiger partial charge on any atom is -0.417 e. The summed E-state index contributed by atoms with van der Waals surface area (Å²) in [6, 6.07) is 1.49. The van der Waals surface area contributed by atoms with Crippen LogP contribution in [0.5, 0.6) is 5.88 Å². The molecule has 0 saturated heterocycles. The lowest BCUT2D eigenvalue weighted by Gasteiger charge is -2.14. The van der Waals surface area contributed by atoms with Gasteiger partial charge in [-0.2, -0.15) is 8.78 Å². The summed E-state index contributed by atoms with van der Waals surface area (Å²) in [5, 5.41) is 9.16. The summed E-state index contributed by atoms with van der Waals surface area (Å²) in [5.41, 5.74) is 0.615. The van der Waals surface area contributed by atoms with E-state index < -0.39 is 13.2 Å². The molecule has 0 atom stereocenters. The van der Waals surface area contributed by atoms with Crippen LogP contribution in [-0.4, -0.2) is 16.7 Å². The molecule has 0 aliphatic rings. The molecule has 0 radical (unpaired) electrons. The Balaban J connectivity index is 3.19. The van der Waals surface area contributed by atoms with E-state index in [1.165, 1.54) is 6.07 Å². The molecule has 1 heterocycles. The van der Waals surface area contributed by atoms with Crippen molar-refractivity contribution in [1.29, 1.82) is 0 Å². The molecule has 16 heavy (non-hydrogen) atoms. The number of hydrogen-bond acceptors (Lipinski definition) is 3. The molecule has 0 unspecified atom stereocenters. The van der Waals surface area contributed by atoms with Crippen molar-refractivity contribution in [2.45, 2.75) is 33.0 Å². The highest BCUT2D eigenvalue weighted by molar-refractivity contribution is 6.31. The Kier molecular flexibility index (Phi) is 4.44. The van der Waals surface area contributed by atoms with Crippen LogP contribution >= 0.6 is 11.6 Å². The molecule has 0 amide bonds. The third kappa shape index (κ3) is 3.02. The first-order valence-electron chi connectivity index (χ1n) is 4.70. The number of alkyl halides is 2. The van der Waals surface area contributed by atoms with Gasteiger partial charge in [-0.15, -0.1) is 0 Å². The zero-order valence-corrected chi connectivity index (χ0v) is 9.63. The van der Waals surface area contributed by atoms with Crippen LogP contribution in [0.3, 0.4) is 0 Å². The highest BCUT2D eigenvalue weighted by Crippen LogP contribution is 2.30. The fourth-order valence-corrected chi connectivity index (χ4v) is 1.44. The lowest BCUT2D eigenvalue weighted by atomic mass is 10.0. The van der Waals surface area contributed by atoms with Gasteiger partial charge in [0.15, 0.2) is 0 Å². The van der Waals surface area contributed by atoms with Crippen LogP contribution in [0.25, 0.3) is 0 Å². The van der Waals surface area contributed by atoms with Crippen molar-refractivity contribution in [2.24, 2.45) is 0 Å². The number of halogens is 3. The van der Waals surface area contributed by atoms with Crippen molar-refractivity contribution in [3.8, 4) is 5.88 Å². The van der Waals surface area contributed by atoms with E-state index in [-0.39, 0.29) is 22.5 Å². The summed E-state index contributed by atoms with van der Waals surface area (Å²) < 4.78 is 28.6. The Morgan fingerprint density at radius 2 is 2.12 bits per heavy atom. The molecule has 3 nitrogen and oxygen atoms in total. The molecule has 0 bridgehead atoms. The zero-order valence-electron chi connectivity index (χ0n) is 8.88. The summed E-state index contributed by atoms with van der Waals surface area (Å²) in [7, 11) is 0. The topological polar surface area (TPSA) is 42.4 Å². The van der Waals surface area contributed by atoms with Crippen LogP contribution in [-0.2, 0) is 6.61 Å². The standard InChI is InChI=1S/C10H12ClF2NO2/c1-5(2)6-3-7(11)8(4-15)14-9(6)16-10(12)13/h3,5,10,15H,4H2,1-2H3. The zero-order chi connectivity index (χ0) is 12.3. The fraction of sp³-hybridized carbons (Fsp3) is 0.500. The predicted octanol–water partition coefficient (Wildman–Crippen LogP) is 2.95. The van der Waals surface area contributed by atoms with Crippen LogP contribution in [0.2, 0.25) is 5.02 Å². The number of nitrogens with zero attached hydrogens (tertiary/aromatic N) is 1. The van der Waals surface area contributed by atoms with Crippen LogP contribution in [0.1, 0.15) is 31.0 Å². The third-order valence-electron chi connectivity index (χ3n) is 2.01. The Morgan fingerprint density at radius 3 is 2.56 bits per heavy atom. The van der Waals surface area contributed by atoms with Crippen LogP contribution in [0.15, 0.2) is 6.07 Å². The molecule has 1 aromatic heterocycles. The first kappa shape index (κ1) is 13.1. The van der Waals surface area contributed by atoms with Gasteiger partial charge in [0.25, 0.3) is 0 Å². The van der Waals surface area contributed by atoms with Crippen molar-refractivity contribution in [3.05, 3.63) is 22.3 Å². The Labute approximate surface area is 97.0 Å². The summed E-state index contributed by atoms with van der Waals surface area (Å²) in [6.45, 7) is 0.253. The normalized spacial score (nSPS) is 11.2. The van der Waals surface area contributed by atoms with Gasteiger partial charge in [0.2, 0.25) is 5.88 Å². The minimum atomic E-state index is -2.95. The maximum atomic E-state index is 12.1. The molecular formula is C10H12ClF2NO2. The predicted molar refractivity (Wildman–Crippen MR) is 55.9 cm³/mol. The second kappa shape index (κ2) is 5.41. The van der Waals surface area contributed by atoms with Crippen LogP contribution < -0.4 is 4.74 Å². The number of aliphatic hydroxyl groups is 1. The lowest BCUT2D eigenvalue weighted by molar-refractivity contribution is -0.0538. The summed E-state index contributed by atoms with van der Waals surface area (Å²) in [5.74, 6) is -0.232. The van der Waals surface area contributed by atoms with Gasteiger partial charge in [-0.3, -0.25) is 0 Å². The number of pyridine rings is 1. The molecule has 6 heteroatoms. The third-order valence-corrected chi connectivity index (χ3v) is 2.34. The molecule has 1 aromatic rings. The van der Waals surface area contributed by atoms with Crippen molar-refractivity contribution in [2.75, 3.05) is 0 Å². The van der Waals surface area contributed by atoms with E-state index in [0.717, 1.165) is 0 Å². The van der Waals surface area contributed by atoms with E-state index in [2.05, 4.69) is 9.72 Å². The second-order valence-electron chi connectivity index (χ2n) is 3.50. The van der Waals surface area contributed by atoms with E-state index in [1.807, 2.05) is 13.8 Å². The average Bonchev–Trinajstić information content (AvgIpc) is 2.19. The summed E-state index contributed by atoms with van der Waals surface area (Å²) >= 11 is 5.82. The van der Waals surface area contributed by atoms with Crippen molar-refractivity contribution >= 4 is 11.6 Å². The molecular weight excluding hydrogens is 240 g/mol. The molecule has 0 aliphatic heterocycles. The quantitative estimate of drug-likeness (QED) is 0.895. The van der Waals surface area contributed by atoms with Crippen molar-refractivity contribution < 1.29 is 18.6 Å². The van der Waals surface area contributed by atoms with Gasteiger partial charge < -0.3 is 9.84 Å². The maximum Gasteiger partial charge on any atom is 0.388 e. The fourth-order valence-electron chi connectivity index (χ4n) is 1.23. The number of hydrogen-bond donors (Lipinski definition) is 1. The Morgan fingerprint density at radius 1 is 1.50 bits per heavy atom. The van der Waals surface area contributed by atoms with E-state index in [9.17, 15) is 8.78 Å².